The van der Waals surface area contributed by atoms with E-state index in [1.807, 2.05) is 18.2 Å². The molecule has 0 aliphatic carbocycles. The lowest BCUT2D eigenvalue weighted by atomic mass is 9.88. The summed E-state index contributed by atoms with van der Waals surface area (Å²) in [4.78, 5) is 14.2. The normalized spacial score (nSPS) is 14.5. The van der Waals surface area contributed by atoms with Crippen LogP contribution in [0.4, 0.5) is 0 Å². The van der Waals surface area contributed by atoms with Crippen LogP contribution in [0.2, 0.25) is 5.02 Å². The van der Waals surface area contributed by atoms with Crippen molar-refractivity contribution in [1.29, 1.82) is 0 Å². The molecule has 0 spiro atoms. The molecular weight excluding hydrogens is 402 g/mol. The zero-order chi connectivity index (χ0) is 21.8. The number of carbonyl (C=O) groups is 1. The second-order valence-corrected chi connectivity index (χ2v) is 8.76. The lowest BCUT2D eigenvalue weighted by Crippen LogP contribution is -2.30. The van der Waals surface area contributed by atoms with Crippen molar-refractivity contribution in [2.75, 3.05) is 13.1 Å². The first-order chi connectivity index (χ1) is 15.0. The molecule has 3 heteroatoms. The first-order valence-electron chi connectivity index (χ1n) is 10.9. The molecule has 0 saturated carbocycles. The molecule has 1 saturated heterocycles. The van der Waals surface area contributed by atoms with E-state index >= 15 is 0 Å². The highest BCUT2D eigenvalue weighted by Crippen LogP contribution is 2.33. The minimum absolute atomic E-state index is 0.100. The maximum Gasteiger partial charge on any atom is 0.159 e. The van der Waals surface area contributed by atoms with Gasteiger partial charge in [0, 0.05) is 30.2 Å². The first kappa shape index (κ1) is 21.5. The van der Waals surface area contributed by atoms with Gasteiger partial charge in [-0.25, -0.2) is 0 Å². The predicted molar refractivity (Wildman–Crippen MR) is 130 cm³/mol. The Labute approximate surface area is 190 Å². The van der Waals surface area contributed by atoms with Gasteiger partial charge in [-0.2, -0.15) is 0 Å². The van der Waals surface area contributed by atoms with Crippen LogP contribution in [0.5, 0.6) is 0 Å². The van der Waals surface area contributed by atoms with Gasteiger partial charge in [-0.1, -0.05) is 83.9 Å². The van der Waals surface area contributed by atoms with Gasteiger partial charge in [-0.15, -0.1) is 0 Å². The molecule has 31 heavy (non-hydrogen) atoms. The van der Waals surface area contributed by atoms with Crippen molar-refractivity contribution in [3.8, 4) is 0 Å². The molecule has 0 N–H and O–H groups in total. The summed E-state index contributed by atoms with van der Waals surface area (Å²) < 4.78 is 0. The van der Waals surface area contributed by atoms with Gasteiger partial charge in [-0.05, 0) is 60.6 Å². The molecule has 1 heterocycles. The fourth-order valence-electron chi connectivity index (χ4n) is 4.30. The van der Waals surface area contributed by atoms with Crippen LogP contribution < -0.4 is 0 Å². The molecule has 1 aliphatic rings. The molecule has 0 aromatic heterocycles. The monoisotopic (exact) mass is 429 g/mol. The number of rotatable bonds is 5. The zero-order valence-electron chi connectivity index (χ0n) is 18.2. The van der Waals surface area contributed by atoms with Crippen molar-refractivity contribution in [3.63, 3.8) is 0 Å². The number of hydrogen-bond acceptors (Lipinski definition) is 2. The predicted octanol–water partition coefficient (Wildman–Crippen LogP) is 6.95. The molecule has 0 unspecified atom stereocenters. The molecular formula is C28H28ClNO. The minimum Gasteiger partial charge on any atom is -0.298 e. The van der Waals surface area contributed by atoms with Gasteiger partial charge in [0.05, 0.1) is 0 Å². The molecule has 0 radical (unpaired) electrons. The number of aryl methyl sites for hydroxylation is 1. The average molecular weight is 430 g/mol. The number of piperidine rings is 1. The molecule has 0 bridgehead atoms. The Hall–Kier alpha value is -2.68. The third kappa shape index (κ3) is 5.15. The number of Topliss-reactive ketones (excluding diaryl/α,β-unsaturated/α-hetero) is 1. The average Bonchev–Trinajstić information content (AvgIpc) is 2.78. The van der Waals surface area contributed by atoms with Crippen molar-refractivity contribution in [2.45, 2.75) is 33.2 Å². The highest BCUT2D eigenvalue weighted by atomic mass is 35.5. The van der Waals surface area contributed by atoms with Crippen LogP contribution in [0.3, 0.4) is 0 Å². The van der Waals surface area contributed by atoms with E-state index in [9.17, 15) is 4.79 Å². The Balaban J connectivity index is 1.58. The quantitative estimate of drug-likeness (QED) is 0.409. The summed E-state index contributed by atoms with van der Waals surface area (Å²) >= 11 is 6.46. The SMILES string of the molecule is CC(=O)c1ccc(C(=C2CCN(Cc3ccc(C)cc3Cl)CC2)c2ccccc2)cc1. The Morgan fingerprint density at radius 3 is 2.10 bits per heavy atom. The summed E-state index contributed by atoms with van der Waals surface area (Å²) in [5, 5.41) is 0.858. The largest absolute Gasteiger partial charge is 0.298 e. The standard InChI is InChI=1S/C28H28ClNO/c1-20-8-9-26(27(29)18-20)19-30-16-14-25(15-17-30)28(23-6-4-3-5-7-23)24-12-10-22(11-13-24)21(2)31/h3-13,18H,14-17,19H2,1-2H3. The number of benzene rings is 3. The molecule has 4 rings (SSSR count). The van der Waals surface area contributed by atoms with E-state index in [1.165, 1.54) is 33.4 Å². The fourth-order valence-corrected chi connectivity index (χ4v) is 4.60. The summed E-state index contributed by atoms with van der Waals surface area (Å²) in [5.74, 6) is 0.100. The van der Waals surface area contributed by atoms with Crippen molar-refractivity contribution < 1.29 is 4.79 Å². The van der Waals surface area contributed by atoms with Gasteiger partial charge >= 0.3 is 0 Å². The van der Waals surface area contributed by atoms with Crippen LogP contribution in [0.15, 0.2) is 78.4 Å². The smallest absolute Gasteiger partial charge is 0.159 e. The highest BCUT2D eigenvalue weighted by Gasteiger charge is 2.20. The molecule has 1 aliphatic heterocycles. The third-order valence-electron chi connectivity index (χ3n) is 6.06. The number of halogens is 1. The van der Waals surface area contributed by atoms with E-state index in [2.05, 4.69) is 66.4 Å². The van der Waals surface area contributed by atoms with Gasteiger partial charge in [0.2, 0.25) is 0 Å². The number of likely N-dealkylation sites (tertiary alicyclic amines) is 1. The maximum atomic E-state index is 11.7. The van der Waals surface area contributed by atoms with Crippen LogP contribution in [-0.4, -0.2) is 23.8 Å². The van der Waals surface area contributed by atoms with Gasteiger partial charge < -0.3 is 0 Å². The molecule has 3 aromatic carbocycles. The van der Waals surface area contributed by atoms with Crippen LogP contribution >= 0.6 is 11.6 Å². The van der Waals surface area contributed by atoms with E-state index in [-0.39, 0.29) is 5.78 Å². The van der Waals surface area contributed by atoms with E-state index in [1.54, 1.807) is 6.92 Å². The van der Waals surface area contributed by atoms with Crippen molar-refractivity contribution in [2.24, 2.45) is 0 Å². The van der Waals surface area contributed by atoms with E-state index in [0.29, 0.717) is 0 Å². The Morgan fingerprint density at radius 2 is 1.48 bits per heavy atom. The second-order valence-electron chi connectivity index (χ2n) is 8.35. The molecule has 158 valence electrons. The minimum atomic E-state index is 0.100. The van der Waals surface area contributed by atoms with E-state index in [0.717, 1.165) is 43.1 Å². The van der Waals surface area contributed by atoms with Gasteiger partial charge in [0.15, 0.2) is 5.78 Å². The summed E-state index contributed by atoms with van der Waals surface area (Å²) in [7, 11) is 0. The third-order valence-corrected chi connectivity index (χ3v) is 6.41. The van der Waals surface area contributed by atoms with Crippen molar-refractivity contribution >= 4 is 23.0 Å². The topological polar surface area (TPSA) is 20.3 Å². The van der Waals surface area contributed by atoms with Gasteiger partial charge in [0.1, 0.15) is 0 Å². The van der Waals surface area contributed by atoms with E-state index in [4.69, 9.17) is 11.6 Å². The summed E-state index contributed by atoms with van der Waals surface area (Å²) in [5.41, 5.74) is 8.36. The van der Waals surface area contributed by atoms with Crippen LogP contribution in [0, 0.1) is 6.92 Å². The number of carbonyl (C=O) groups excluding carboxylic acids is 1. The summed E-state index contributed by atoms with van der Waals surface area (Å²) in [6.07, 6.45) is 2.06. The lowest BCUT2D eigenvalue weighted by Gasteiger charge is -2.30. The number of hydrogen-bond donors (Lipinski definition) is 0. The van der Waals surface area contributed by atoms with Gasteiger partial charge in [-0.3, -0.25) is 9.69 Å². The zero-order valence-corrected chi connectivity index (χ0v) is 19.0. The number of nitrogens with zero attached hydrogens (tertiary/aromatic N) is 1. The van der Waals surface area contributed by atoms with Crippen LogP contribution in [0.25, 0.3) is 5.57 Å². The van der Waals surface area contributed by atoms with E-state index < -0.39 is 0 Å². The first-order valence-corrected chi connectivity index (χ1v) is 11.3. The number of ketones is 1. The maximum absolute atomic E-state index is 11.7. The summed E-state index contributed by atoms with van der Waals surface area (Å²) in [6.45, 7) is 6.60. The second kappa shape index (κ2) is 9.64. The molecule has 0 amide bonds. The van der Waals surface area contributed by atoms with Crippen molar-refractivity contribution in [3.05, 3.63) is 111 Å². The van der Waals surface area contributed by atoms with Crippen molar-refractivity contribution in [1.82, 2.24) is 4.90 Å². The molecule has 0 atom stereocenters. The Kier molecular flexibility index (Phi) is 6.70. The summed E-state index contributed by atoms with van der Waals surface area (Å²) in [6, 6.07) is 25.0. The fraction of sp³-hybridized carbons (Fsp3) is 0.250. The Bertz CT molecular complexity index is 1090. The molecule has 1 fully saturated rings. The van der Waals surface area contributed by atoms with Crippen LogP contribution in [0.1, 0.15) is 52.4 Å². The lowest BCUT2D eigenvalue weighted by molar-refractivity contribution is 0.101. The highest BCUT2D eigenvalue weighted by molar-refractivity contribution is 6.31. The van der Waals surface area contributed by atoms with Crippen LogP contribution in [-0.2, 0) is 6.54 Å². The Morgan fingerprint density at radius 1 is 0.871 bits per heavy atom. The molecule has 3 aromatic rings. The van der Waals surface area contributed by atoms with Gasteiger partial charge in [0.25, 0.3) is 0 Å². The molecule has 2 nitrogen and oxygen atoms in total.